The van der Waals surface area contributed by atoms with Crippen LogP contribution in [0.3, 0.4) is 0 Å². The van der Waals surface area contributed by atoms with Crippen LogP contribution in [0.4, 0.5) is 10.5 Å². The van der Waals surface area contributed by atoms with Gasteiger partial charge in [0.1, 0.15) is 24.9 Å². The van der Waals surface area contributed by atoms with Crippen molar-refractivity contribution in [1.29, 1.82) is 0 Å². The number of Topliss-reactive ketones (excluding diaryl/α,β-unsaturated/α-hetero) is 1. The van der Waals surface area contributed by atoms with E-state index in [2.05, 4.69) is 10.6 Å². The summed E-state index contributed by atoms with van der Waals surface area (Å²) < 4.78 is 16.7. The molecule has 2 aliphatic rings. The lowest BCUT2D eigenvalue weighted by Gasteiger charge is -2.18. The van der Waals surface area contributed by atoms with Gasteiger partial charge in [0.05, 0.1) is 19.3 Å². The second-order valence-electron chi connectivity index (χ2n) is 6.25. The van der Waals surface area contributed by atoms with Crippen LogP contribution in [-0.4, -0.2) is 61.9 Å². The van der Waals surface area contributed by atoms with Crippen LogP contribution >= 0.6 is 0 Å². The van der Waals surface area contributed by atoms with Crippen LogP contribution in [0.25, 0.3) is 0 Å². The van der Waals surface area contributed by atoms with E-state index in [0.717, 1.165) is 0 Å². The molecule has 1 aromatic carbocycles. The van der Waals surface area contributed by atoms with Gasteiger partial charge in [0.2, 0.25) is 5.91 Å². The minimum absolute atomic E-state index is 0.0401. The first kappa shape index (κ1) is 18.3. The Hall–Kier alpha value is -2.49. The van der Waals surface area contributed by atoms with Crippen LogP contribution in [0.15, 0.2) is 24.3 Å². The molecular formula is C17H21N3O6. The Morgan fingerprint density at radius 1 is 1.15 bits per heavy atom. The second-order valence-corrected chi connectivity index (χ2v) is 6.25. The van der Waals surface area contributed by atoms with Crippen molar-refractivity contribution in [2.45, 2.75) is 31.3 Å². The summed E-state index contributed by atoms with van der Waals surface area (Å²) in [5, 5.41) is 5.51. The number of urea groups is 1. The Labute approximate surface area is 150 Å². The van der Waals surface area contributed by atoms with Crippen LogP contribution in [0.1, 0.15) is 17.3 Å². The number of benzene rings is 1. The molecule has 1 aromatic rings. The smallest absolute Gasteiger partial charge is 0.319 e. The maximum Gasteiger partial charge on any atom is 0.319 e. The van der Waals surface area contributed by atoms with Gasteiger partial charge in [0.15, 0.2) is 5.78 Å². The molecule has 140 valence electrons. The van der Waals surface area contributed by atoms with Crippen molar-refractivity contribution in [3.63, 3.8) is 0 Å². The molecule has 0 bridgehead atoms. The molecule has 2 saturated heterocycles. The number of ether oxygens (including phenoxy) is 3. The SMILES string of the molecule is CC(=O)c1ccc(NC(=O)N[C@H]2CO[C@H]3[C@@H]2OC[C@H]3OCC(N)=O)cc1. The number of nitrogens with one attached hydrogen (secondary N) is 2. The molecule has 0 unspecified atom stereocenters. The molecule has 26 heavy (non-hydrogen) atoms. The maximum atomic E-state index is 12.2. The van der Waals surface area contributed by atoms with Gasteiger partial charge in [-0.05, 0) is 31.2 Å². The van der Waals surface area contributed by atoms with E-state index in [0.29, 0.717) is 11.3 Å². The number of anilines is 1. The molecule has 3 amide bonds. The number of hydrogen-bond donors (Lipinski definition) is 3. The van der Waals surface area contributed by atoms with Gasteiger partial charge in [-0.1, -0.05) is 0 Å². The minimum Gasteiger partial charge on any atom is -0.370 e. The molecule has 2 heterocycles. The summed E-state index contributed by atoms with van der Waals surface area (Å²) in [4.78, 5) is 34.3. The molecule has 9 nitrogen and oxygen atoms in total. The third-order valence-corrected chi connectivity index (χ3v) is 4.31. The van der Waals surface area contributed by atoms with Crippen LogP contribution in [0.5, 0.6) is 0 Å². The highest BCUT2D eigenvalue weighted by molar-refractivity contribution is 5.95. The summed E-state index contributed by atoms with van der Waals surface area (Å²) >= 11 is 0. The third kappa shape index (κ3) is 4.18. The van der Waals surface area contributed by atoms with Crippen molar-refractivity contribution in [1.82, 2.24) is 5.32 Å². The summed E-state index contributed by atoms with van der Waals surface area (Å²) in [7, 11) is 0. The fourth-order valence-electron chi connectivity index (χ4n) is 3.04. The van der Waals surface area contributed by atoms with Gasteiger partial charge in [0, 0.05) is 11.3 Å². The van der Waals surface area contributed by atoms with E-state index in [1.807, 2.05) is 0 Å². The van der Waals surface area contributed by atoms with Crippen molar-refractivity contribution in [3.05, 3.63) is 29.8 Å². The van der Waals surface area contributed by atoms with E-state index in [4.69, 9.17) is 19.9 Å². The second kappa shape index (κ2) is 7.81. The average Bonchev–Trinajstić information content (AvgIpc) is 3.16. The largest absolute Gasteiger partial charge is 0.370 e. The third-order valence-electron chi connectivity index (χ3n) is 4.31. The molecule has 2 fully saturated rings. The topological polar surface area (TPSA) is 129 Å². The summed E-state index contributed by atoms with van der Waals surface area (Å²) in [5.41, 5.74) is 6.21. The van der Waals surface area contributed by atoms with E-state index in [9.17, 15) is 14.4 Å². The molecule has 0 saturated carbocycles. The quantitative estimate of drug-likeness (QED) is 0.613. The van der Waals surface area contributed by atoms with E-state index >= 15 is 0 Å². The molecular weight excluding hydrogens is 342 g/mol. The minimum atomic E-state index is -0.559. The standard InChI is InChI=1S/C17H21N3O6/c1-9(21)10-2-4-11(5-3-10)19-17(23)20-12-6-25-16-13(7-26-15(12)16)24-8-14(18)22/h2-5,12-13,15-16H,6-8H2,1H3,(H2,18,22)(H2,19,20,23)/t12-,13+,15+,16+/m0/s1. The first-order valence-electron chi connectivity index (χ1n) is 8.25. The zero-order valence-electron chi connectivity index (χ0n) is 14.3. The predicted molar refractivity (Wildman–Crippen MR) is 90.8 cm³/mol. The van der Waals surface area contributed by atoms with Crippen molar-refractivity contribution in [3.8, 4) is 0 Å². The molecule has 0 aromatic heterocycles. The maximum absolute atomic E-state index is 12.2. The summed E-state index contributed by atoms with van der Waals surface area (Å²) in [5.74, 6) is -0.599. The highest BCUT2D eigenvalue weighted by atomic mass is 16.6. The van der Waals surface area contributed by atoms with Gasteiger partial charge < -0.3 is 30.6 Å². The fourth-order valence-corrected chi connectivity index (χ4v) is 3.04. The molecule has 0 radical (unpaired) electrons. The van der Waals surface area contributed by atoms with Crippen LogP contribution in [0.2, 0.25) is 0 Å². The lowest BCUT2D eigenvalue weighted by Crippen LogP contribution is -2.46. The number of fused-ring (bicyclic) bond motifs is 1. The average molecular weight is 363 g/mol. The van der Waals surface area contributed by atoms with Crippen LogP contribution in [-0.2, 0) is 19.0 Å². The first-order chi connectivity index (χ1) is 12.4. The molecule has 2 aliphatic heterocycles. The molecule has 4 N–H and O–H groups in total. The van der Waals surface area contributed by atoms with Crippen molar-refractivity contribution >= 4 is 23.4 Å². The highest BCUT2D eigenvalue weighted by Gasteiger charge is 2.48. The summed E-state index contributed by atoms with van der Waals surface area (Å²) in [6, 6.07) is 5.87. The van der Waals surface area contributed by atoms with Crippen LogP contribution < -0.4 is 16.4 Å². The normalized spacial score (nSPS) is 27.0. The molecule has 3 rings (SSSR count). The summed E-state index contributed by atoms with van der Waals surface area (Å²) in [6.07, 6.45) is -1.09. The Morgan fingerprint density at radius 2 is 1.85 bits per heavy atom. The molecule has 0 spiro atoms. The van der Waals surface area contributed by atoms with Gasteiger partial charge in [0.25, 0.3) is 0 Å². The number of amides is 3. The summed E-state index contributed by atoms with van der Waals surface area (Å²) in [6.45, 7) is 1.83. The Kier molecular flexibility index (Phi) is 5.50. The Morgan fingerprint density at radius 3 is 2.50 bits per heavy atom. The molecule has 4 atom stereocenters. The van der Waals surface area contributed by atoms with Gasteiger partial charge >= 0.3 is 6.03 Å². The van der Waals surface area contributed by atoms with Gasteiger partial charge in [-0.3, -0.25) is 9.59 Å². The molecule has 0 aliphatic carbocycles. The number of nitrogens with two attached hydrogens (primary N) is 1. The van der Waals surface area contributed by atoms with E-state index in [-0.39, 0.29) is 50.0 Å². The number of carbonyl (C=O) groups excluding carboxylic acids is 3. The lowest BCUT2D eigenvalue weighted by atomic mass is 10.1. The van der Waals surface area contributed by atoms with Gasteiger partial charge in [-0.25, -0.2) is 4.79 Å². The van der Waals surface area contributed by atoms with Crippen molar-refractivity contribution < 1.29 is 28.6 Å². The number of ketones is 1. The van der Waals surface area contributed by atoms with Gasteiger partial charge in [-0.15, -0.1) is 0 Å². The van der Waals surface area contributed by atoms with Crippen LogP contribution in [0, 0.1) is 0 Å². The highest BCUT2D eigenvalue weighted by Crippen LogP contribution is 2.28. The first-order valence-corrected chi connectivity index (χ1v) is 8.25. The number of rotatable bonds is 6. The number of primary amides is 1. The fraction of sp³-hybridized carbons (Fsp3) is 0.471. The molecule has 9 heteroatoms. The van der Waals surface area contributed by atoms with E-state index < -0.39 is 11.9 Å². The van der Waals surface area contributed by atoms with E-state index in [1.54, 1.807) is 24.3 Å². The Bertz CT molecular complexity index is 692. The lowest BCUT2D eigenvalue weighted by molar-refractivity contribution is -0.126. The zero-order valence-corrected chi connectivity index (χ0v) is 14.3. The zero-order chi connectivity index (χ0) is 18.7. The predicted octanol–water partition coefficient (Wildman–Crippen LogP) is 0.0474. The van der Waals surface area contributed by atoms with Crippen molar-refractivity contribution in [2.24, 2.45) is 5.73 Å². The van der Waals surface area contributed by atoms with Gasteiger partial charge in [-0.2, -0.15) is 0 Å². The van der Waals surface area contributed by atoms with E-state index in [1.165, 1.54) is 6.92 Å². The monoisotopic (exact) mass is 363 g/mol. The number of carbonyl (C=O) groups is 3. The number of hydrogen-bond acceptors (Lipinski definition) is 6. The van der Waals surface area contributed by atoms with Crippen molar-refractivity contribution in [2.75, 3.05) is 25.1 Å². The Balaban J connectivity index is 1.51.